The lowest BCUT2D eigenvalue weighted by atomic mass is 9.83. The van der Waals surface area contributed by atoms with Crippen LogP contribution in [0.4, 0.5) is 5.69 Å². The number of nitrogens with one attached hydrogen (secondary N) is 1. The second-order valence-electron chi connectivity index (χ2n) is 9.73. The average molecular weight is 535 g/mol. The van der Waals surface area contributed by atoms with Crippen LogP contribution in [-0.2, 0) is 14.3 Å². The van der Waals surface area contributed by atoms with Gasteiger partial charge in [-0.1, -0.05) is 48.5 Å². The van der Waals surface area contributed by atoms with E-state index in [0.717, 1.165) is 48.2 Å². The number of quaternary nitrogens is 1. The van der Waals surface area contributed by atoms with Crippen molar-refractivity contribution in [1.82, 2.24) is 9.97 Å². The molecule has 0 saturated carbocycles. The zero-order valence-corrected chi connectivity index (χ0v) is 20.9. The minimum Gasteiger partial charge on any atom is -1.00 e. The van der Waals surface area contributed by atoms with Gasteiger partial charge < -0.3 is 31.5 Å². The van der Waals surface area contributed by atoms with Crippen LogP contribution in [0.3, 0.4) is 0 Å². The van der Waals surface area contributed by atoms with Gasteiger partial charge in [0.2, 0.25) is 0 Å². The molecule has 1 aromatic heterocycles. The molecule has 8 heteroatoms. The largest absolute Gasteiger partial charge is 1.00 e. The van der Waals surface area contributed by atoms with Crippen molar-refractivity contribution in [2.24, 2.45) is 5.92 Å². The molecule has 180 valence electrons. The number of benzene rings is 2. The summed E-state index contributed by atoms with van der Waals surface area (Å²) in [5.74, 6) is -0.266. The number of hydrogen-bond donors (Lipinski definition) is 1. The highest BCUT2D eigenvalue weighted by molar-refractivity contribution is 5.93. The summed E-state index contributed by atoms with van der Waals surface area (Å²) in [5.41, 5.74) is 4.85. The van der Waals surface area contributed by atoms with Crippen molar-refractivity contribution in [1.29, 1.82) is 0 Å². The third-order valence-corrected chi connectivity index (χ3v) is 7.70. The lowest BCUT2D eigenvalue weighted by Crippen LogP contribution is -3.00. The highest BCUT2D eigenvalue weighted by Gasteiger charge is 2.49. The van der Waals surface area contributed by atoms with E-state index in [1.165, 1.54) is 6.33 Å². The van der Waals surface area contributed by atoms with Gasteiger partial charge in [0.25, 0.3) is 5.91 Å². The summed E-state index contributed by atoms with van der Waals surface area (Å²) in [6, 6.07) is 16.2. The standard InChI is InChI=1S/C27H26N4O3.BrH/c32-25(30-19-13-28-17-29-14-19)16-31-11-9-18(10-12-31)24(15-31)34-27(33)26-22-7-3-1-5-20(22)21-6-2-4-8-23(21)26;/h1-8,13-14,17-18,24,26H,9-12,15-16H2;1H/t18?,24-,31?;/m0./s1. The Kier molecular flexibility index (Phi) is 6.42. The van der Waals surface area contributed by atoms with Gasteiger partial charge in [-0.25, -0.2) is 9.97 Å². The van der Waals surface area contributed by atoms with E-state index in [1.807, 2.05) is 36.4 Å². The predicted molar refractivity (Wildman–Crippen MR) is 127 cm³/mol. The first-order chi connectivity index (χ1) is 16.6. The molecule has 3 saturated heterocycles. The number of halogens is 1. The zero-order valence-electron chi connectivity index (χ0n) is 19.3. The van der Waals surface area contributed by atoms with Crippen molar-refractivity contribution in [3.8, 4) is 11.1 Å². The van der Waals surface area contributed by atoms with Crippen LogP contribution >= 0.6 is 0 Å². The number of hydrogen-bond acceptors (Lipinski definition) is 5. The van der Waals surface area contributed by atoms with E-state index >= 15 is 0 Å². The average Bonchev–Trinajstić information content (AvgIpc) is 3.19. The van der Waals surface area contributed by atoms with Crippen LogP contribution in [0.25, 0.3) is 11.1 Å². The van der Waals surface area contributed by atoms with Crippen molar-refractivity contribution in [3.63, 3.8) is 0 Å². The molecule has 2 bridgehead atoms. The van der Waals surface area contributed by atoms with E-state index in [0.29, 0.717) is 29.2 Å². The molecule has 1 atom stereocenters. The van der Waals surface area contributed by atoms with Crippen LogP contribution in [0.1, 0.15) is 29.9 Å². The van der Waals surface area contributed by atoms with Gasteiger partial charge in [-0.3, -0.25) is 9.59 Å². The molecular weight excluding hydrogens is 508 g/mol. The highest BCUT2D eigenvalue weighted by Crippen LogP contribution is 2.46. The lowest BCUT2D eigenvalue weighted by Gasteiger charge is -2.51. The summed E-state index contributed by atoms with van der Waals surface area (Å²) in [6.45, 7) is 2.93. The molecular formula is C27H27BrN4O3. The number of rotatable bonds is 5. The van der Waals surface area contributed by atoms with Gasteiger partial charge in [0.15, 0.2) is 12.6 Å². The second kappa shape index (κ2) is 9.51. The number of carbonyl (C=O) groups excluding carboxylic acids is 2. The summed E-state index contributed by atoms with van der Waals surface area (Å²) < 4.78 is 6.90. The Labute approximate surface area is 214 Å². The van der Waals surface area contributed by atoms with Gasteiger partial charge >= 0.3 is 5.97 Å². The normalized spacial score (nSPS) is 24.1. The summed E-state index contributed by atoms with van der Waals surface area (Å²) in [6.07, 6.45) is 6.40. The molecule has 0 spiro atoms. The van der Waals surface area contributed by atoms with Gasteiger partial charge in [-0.15, -0.1) is 0 Å². The molecule has 2 aromatic carbocycles. The molecule has 35 heavy (non-hydrogen) atoms. The summed E-state index contributed by atoms with van der Waals surface area (Å²) in [7, 11) is 0. The molecule has 3 aromatic rings. The van der Waals surface area contributed by atoms with Crippen LogP contribution in [0.5, 0.6) is 0 Å². The van der Waals surface area contributed by atoms with E-state index in [-0.39, 0.29) is 35.0 Å². The first-order valence-corrected chi connectivity index (χ1v) is 11.9. The number of carbonyl (C=O) groups is 2. The molecule has 3 fully saturated rings. The predicted octanol–water partition coefficient (Wildman–Crippen LogP) is 0.384. The third kappa shape index (κ3) is 4.36. The number of anilines is 1. The Hall–Kier alpha value is -3.10. The minimum absolute atomic E-state index is 0. The smallest absolute Gasteiger partial charge is 0.318 e. The number of esters is 1. The van der Waals surface area contributed by atoms with Crippen molar-refractivity contribution in [3.05, 3.63) is 78.4 Å². The van der Waals surface area contributed by atoms with Gasteiger partial charge in [0, 0.05) is 18.8 Å². The van der Waals surface area contributed by atoms with Crippen LogP contribution in [0.15, 0.2) is 67.3 Å². The van der Waals surface area contributed by atoms with Crippen LogP contribution < -0.4 is 22.3 Å². The van der Waals surface area contributed by atoms with E-state index < -0.39 is 5.92 Å². The molecule has 4 aliphatic rings. The molecule has 1 aliphatic carbocycles. The summed E-state index contributed by atoms with van der Waals surface area (Å²) in [4.78, 5) is 34.3. The molecule has 0 radical (unpaired) electrons. The van der Waals surface area contributed by atoms with Gasteiger partial charge in [-0.05, 0) is 22.3 Å². The molecule has 3 aliphatic heterocycles. The molecule has 1 N–H and O–H groups in total. The van der Waals surface area contributed by atoms with Crippen molar-refractivity contribution in [2.45, 2.75) is 24.9 Å². The van der Waals surface area contributed by atoms with E-state index in [1.54, 1.807) is 12.4 Å². The Morgan fingerprint density at radius 2 is 1.54 bits per heavy atom. The lowest BCUT2D eigenvalue weighted by molar-refractivity contribution is -0.938. The fourth-order valence-electron chi connectivity index (χ4n) is 6.07. The maximum atomic E-state index is 13.6. The number of fused-ring (bicyclic) bond motifs is 6. The third-order valence-electron chi connectivity index (χ3n) is 7.70. The van der Waals surface area contributed by atoms with Crippen molar-refractivity contribution < 1.29 is 35.8 Å². The second-order valence-corrected chi connectivity index (χ2v) is 9.73. The van der Waals surface area contributed by atoms with E-state index in [2.05, 4.69) is 27.4 Å². The van der Waals surface area contributed by atoms with Crippen molar-refractivity contribution >= 4 is 17.6 Å². The molecule has 1 amide bonds. The van der Waals surface area contributed by atoms with Crippen LogP contribution in [-0.4, -0.2) is 58.6 Å². The van der Waals surface area contributed by atoms with E-state index in [4.69, 9.17) is 4.74 Å². The maximum absolute atomic E-state index is 13.6. The number of ether oxygens (including phenoxy) is 1. The highest BCUT2D eigenvalue weighted by atomic mass is 79.9. The van der Waals surface area contributed by atoms with E-state index in [9.17, 15) is 9.59 Å². The number of piperidine rings is 3. The van der Waals surface area contributed by atoms with Crippen molar-refractivity contribution in [2.75, 3.05) is 31.5 Å². The topological polar surface area (TPSA) is 81.2 Å². The van der Waals surface area contributed by atoms with Gasteiger partial charge in [-0.2, -0.15) is 0 Å². The number of nitrogens with zero attached hydrogens (tertiary/aromatic N) is 3. The quantitative estimate of drug-likeness (QED) is 0.378. The minimum atomic E-state index is -0.391. The maximum Gasteiger partial charge on any atom is 0.318 e. The Morgan fingerprint density at radius 1 is 0.943 bits per heavy atom. The molecule has 4 heterocycles. The number of aromatic nitrogens is 2. The monoisotopic (exact) mass is 534 g/mol. The SMILES string of the molecule is O=C(C[N+]12CCC(CC1)[C@@H](OC(=O)C1c3ccccc3-c3ccccc31)C2)Nc1cncnc1.[Br-]. The van der Waals surface area contributed by atoms with Crippen LogP contribution in [0.2, 0.25) is 0 Å². The zero-order chi connectivity index (χ0) is 23.1. The molecule has 7 rings (SSSR count). The fraction of sp³-hybridized carbons (Fsp3) is 0.333. The summed E-state index contributed by atoms with van der Waals surface area (Å²) in [5, 5.41) is 2.90. The van der Waals surface area contributed by atoms with Crippen LogP contribution in [0, 0.1) is 5.92 Å². The Morgan fingerprint density at radius 3 is 2.17 bits per heavy atom. The molecule has 0 unspecified atom stereocenters. The number of amides is 1. The first kappa shape index (κ1) is 23.6. The van der Waals surface area contributed by atoms with Gasteiger partial charge in [0.1, 0.15) is 18.8 Å². The Balaban J connectivity index is 0.00000253. The molecule has 7 nitrogen and oxygen atoms in total. The fourth-order valence-corrected chi connectivity index (χ4v) is 6.07. The summed E-state index contributed by atoms with van der Waals surface area (Å²) >= 11 is 0. The van der Waals surface area contributed by atoms with Gasteiger partial charge in [0.05, 0.1) is 31.2 Å². The Bertz CT molecular complexity index is 1200. The first-order valence-electron chi connectivity index (χ1n) is 11.9.